The van der Waals surface area contributed by atoms with Crippen molar-refractivity contribution < 1.29 is 0 Å². The molecule has 0 aromatic heterocycles. The standard InChI is InChI=1S/C16H25N3/c1-10(2)18-8-12-5-6-13(9-18)15(12)19-14(7-17)16(19)11-3-4-11/h10-16H,3-6,8-9H2,1-2H3. The lowest BCUT2D eigenvalue weighted by molar-refractivity contribution is 0.0719. The molecule has 4 fully saturated rings. The van der Waals surface area contributed by atoms with E-state index in [9.17, 15) is 5.26 Å². The Morgan fingerprint density at radius 3 is 2.00 bits per heavy atom. The molecular weight excluding hydrogens is 234 g/mol. The van der Waals surface area contributed by atoms with Gasteiger partial charge in [0.2, 0.25) is 0 Å². The van der Waals surface area contributed by atoms with Crippen LogP contribution in [0.1, 0.15) is 39.5 Å². The Morgan fingerprint density at radius 1 is 0.947 bits per heavy atom. The maximum Gasteiger partial charge on any atom is 0.114 e. The van der Waals surface area contributed by atoms with E-state index in [1.165, 1.54) is 38.8 Å². The minimum Gasteiger partial charge on any atom is -0.300 e. The van der Waals surface area contributed by atoms with E-state index >= 15 is 0 Å². The molecule has 3 heteroatoms. The van der Waals surface area contributed by atoms with Crippen molar-refractivity contribution in [2.75, 3.05) is 13.1 Å². The molecule has 2 aliphatic heterocycles. The minimum absolute atomic E-state index is 0.270. The van der Waals surface area contributed by atoms with Crippen LogP contribution in [0.15, 0.2) is 0 Å². The van der Waals surface area contributed by atoms with Gasteiger partial charge in [-0.05, 0) is 57.3 Å². The van der Waals surface area contributed by atoms with Gasteiger partial charge in [0.25, 0.3) is 0 Å². The van der Waals surface area contributed by atoms with Gasteiger partial charge < -0.3 is 4.90 Å². The Morgan fingerprint density at radius 2 is 1.53 bits per heavy atom. The first-order valence-electron chi connectivity index (χ1n) is 8.12. The molecule has 2 bridgehead atoms. The zero-order chi connectivity index (χ0) is 13.1. The topological polar surface area (TPSA) is 30.0 Å². The molecule has 2 aliphatic carbocycles. The van der Waals surface area contributed by atoms with E-state index in [-0.39, 0.29) is 6.04 Å². The molecule has 2 saturated heterocycles. The molecule has 19 heavy (non-hydrogen) atoms. The molecule has 4 aliphatic rings. The second-order valence-corrected chi connectivity index (χ2v) is 7.48. The molecule has 0 spiro atoms. The van der Waals surface area contributed by atoms with Gasteiger partial charge in [0.05, 0.1) is 6.07 Å². The van der Waals surface area contributed by atoms with Crippen LogP contribution in [0.3, 0.4) is 0 Å². The Bertz CT molecular complexity index is 395. The third kappa shape index (κ3) is 1.84. The molecule has 2 heterocycles. The van der Waals surface area contributed by atoms with Crippen LogP contribution >= 0.6 is 0 Å². The quantitative estimate of drug-likeness (QED) is 0.727. The molecule has 0 aromatic carbocycles. The summed E-state index contributed by atoms with van der Waals surface area (Å²) in [5.74, 6) is 2.54. The fourth-order valence-corrected chi connectivity index (χ4v) is 4.87. The van der Waals surface area contributed by atoms with Crippen molar-refractivity contribution >= 4 is 0 Å². The lowest BCUT2D eigenvalue weighted by Crippen LogP contribution is -2.50. The highest BCUT2D eigenvalue weighted by Gasteiger charge is 2.62. The van der Waals surface area contributed by atoms with Gasteiger partial charge in [0.15, 0.2) is 0 Å². The van der Waals surface area contributed by atoms with E-state index in [0.29, 0.717) is 12.1 Å². The van der Waals surface area contributed by atoms with E-state index in [2.05, 4.69) is 29.7 Å². The average Bonchev–Trinajstić information content (AvgIpc) is 3.27. The minimum atomic E-state index is 0.270. The largest absolute Gasteiger partial charge is 0.300 e. The first kappa shape index (κ1) is 12.2. The number of hydrogen-bond donors (Lipinski definition) is 0. The van der Waals surface area contributed by atoms with Gasteiger partial charge in [-0.2, -0.15) is 5.26 Å². The fourth-order valence-electron chi connectivity index (χ4n) is 4.87. The third-order valence-electron chi connectivity index (χ3n) is 6.02. The summed E-state index contributed by atoms with van der Waals surface area (Å²) in [7, 11) is 0. The highest BCUT2D eigenvalue weighted by molar-refractivity contribution is 5.23. The van der Waals surface area contributed by atoms with Crippen molar-refractivity contribution in [3.05, 3.63) is 0 Å². The van der Waals surface area contributed by atoms with Crippen LogP contribution in [0.25, 0.3) is 0 Å². The Balaban J connectivity index is 1.50. The van der Waals surface area contributed by atoms with Crippen LogP contribution in [0.4, 0.5) is 0 Å². The zero-order valence-electron chi connectivity index (χ0n) is 12.1. The highest BCUT2D eigenvalue weighted by Crippen LogP contribution is 2.53. The highest BCUT2D eigenvalue weighted by atomic mass is 15.4. The Labute approximate surface area is 116 Å². The summed E-state index contributed by atoms with van der Waals surface area (Å²) < 4.78 is 0. The molecule has 5 atom stereocenters. The van der Waals surface area contributed by atoms with Gasteiger partial charge in [-0.25, -0.2) is 0 Å². The van der Waals surface area contributed by atoms with Crippen LogP contribution in [0, 0.1) is 29.1 Å². The fraction of sp³-hybridized carbons (Fsp3) is 0.938. The number of nitrogens with zero attached hydrogens (tertiary/aromatic N) is 3. The first-order valence-corrected chi connectivity index (χ1v) is 8.12. The molecule has 3 nitrogen and oxygen atoms in total. The summed E-state index contributed by atoms with van der Waals surface area (Å²) >= 11 is 0. The van der Waals surface area contributed by atoms with Crippen molar-refractivity contribution in [1.82, 2.24) is 9.80 Å². The van der Waals surface area contributed by atoms with Crippen LogP contribution in [-0.2, 0) is 0 Å². The molecule has 4 rings (SSSR count). The van der Waals surface area contributed by atoms with Gasteiger partial charge in [0, 0.05) is 31.2 Å². The van der Waals surface area contributed by atoms with Gasteiger partial charge in [0.1, 0.15) is 6.04 Å². The molecule has 0 aromatic rings. The third-order valence-corrected chi connectivity index (χ3v) is 6.02. The van der Waals surface area contributed by atoms with E-state index < -0.39 is 0 Å². The predicted octanol–water partition coefficient (Wildman–Crippen LogP) is 2.09. The second-order valence-electron chi connectivity index (χ2n) is 7.48. The number of fused-ring (bicyclic) bond motifs is 2. The molecule has 2 saturated carbocycles. The van der Waals surface area contributed by atoms with Crippen molar-refractivity contribution in [3.63, 3.8) is 0 Å². The van der Waals surface area contributed by atoms with Crippen molar-refractivity contribution in [2.24, 2.45) is 17.8 Å². The maximum atomic E-state index is 9.39. The SMILES string of the molecule is CC(C)N1CC2CCC(C1)C2N1C(C#N)C1C1CC1. The summed E-state index contributed by atoms with van der Waals surface area (Å²) in [4.78, 5) is 5.29. The van der Waals surface area contributed by atoms with Gasteiger partial charge in [-0.3, -0.25) is 4.90 Å². The molecule has 5 unspecified atom stereocenters. The Hall–Kier alpha value is -0.590. The van der Waals surface area contributed by atoms with Crippen molar-refractivity contribution in [1.29, 1.82) is 5.26 Å². The summed E-state index contributed by atoms with van der Waals surface area (Å²) in [6.45, 7) is 7.18. The van der Waals surface area contributed by atoms with Crippen LogP contribution in [-0.4, -0.2) is 47.1 Å². The summed E-state index contributed by atoms with van der Waals surface area (Å²) in [6.07, 6.45) is 5.54. The second kappa shape index (κ2) is 4.20. The number of rotatable bonds is 3. The number of hydrogen-bond acceptors (Lipinski definition) is 3. The van der Waals surface area contributed by atoms with E-state index in [4.69, 9.17) is 0 Å². The summed E-state index contributed by atoms with van der Waals surface area (Å²) in [6, 6.07) is 4.91. The number of nitriles is 1. The molecular formula is C16H25N3. The zero-order valence-corrected chi connectivity index (χ0v) is 12.1. The average molecular weight is 259 g/mol. The molecule has 0 amide bonds. The Kier molecular flexibility index (Phi) is 2.69. The number of likely N-dealkylation sites (tertiary alicyclic amines) is 1. The first-order chi connectivity index (χ1) is 9.20. The van der Waals surface area contributed by atoms with E-state index in [0.717, 1.165) is 23.8 Å². The smallest absolute Gasteiger partial charge is 0.114 e. The van der Waals surface area contributed by atoms with E-state index in [1.807, 2.05) is 0 Å². The van der Waals surface area contributed by atoms with Gasteiger partial charge in [-0.1, -0.05) is 0 Å². The predicted molar refractivity (Wildman–Crippen MR) is 74.5 cm³/mol. The van der Waals surface area contributed by atoms with Crippen LogP contribution in [0.2, 0.25) is 0 Å². The monoisotopic (exact) mass is 259 g/mol. The summed E-state index contributed by atoms with van der Waals surface area (Å²) in [5, 5.41) is 9.39. The maximum absolute atomic E-state index is 9.39. The van der Waals surface area contributed by atoms with E-state index in [1.54, 1.807) is 0 Å². The lowest BCUT2D eigenvalue weighted by Gasteiger charge is -2.41. The van der Waals surface area contributed by atoms with Crippen LogP contribution in [0.5, 0.6) is 0 Å². The molecule has 0 radical (unpaired) electrons. The van der Waals surface area contributed by atoms with Crippen LogP contribution < -0.4 is 0 Å². The molecule has 104 valence electrons. The lowest BCUT2D eigenvalue weighted by atomic mass is 9.91. The molecule has 0 N–H and O–H groups in total. The van der Waals surface area contributed by atoms with Crippen molar-refractivity contribution in [3.8, 4) is 6.07 Å². The normalized spacial score (nSPS) is 49.4. The van der Waals surface area contributed by atoms with Gasteiger partial charge >= 0.3 is 0 Å². The number of piperidine rings is 1. The van der Waals surface area contributed by atoms with Gasteiger partial charge in [-0.15, -0.1) is 0 Å². The summed E-state index contributed by atoms with van der Waals surface area (Å²) in [5.41, 5.74) is 0. The van der Waals surface area contributed by atoms with Crippen molar-refractivity contribution in [2.45, 2.75) is 63.7 Å².